The fraction of sp³-hybridized carbons (Fsp3) is 0.625. The Kier molecular flexibility index (Phi) is 7.49. The Bertz CT molecular complexity index is 337. The largest absolute Gasteiger partial charge is 0.375 e. The van der Waals surface area contributed by atoms with Crippen LogP contribution >= 0.6 is 0 Å². The molecule has 1 N–H and O–H groups in total. The summed E-state index contributed by atoms with van der Waals surface area (Å²) in [6.45, 7) is 6.57. The normalized spacial score (nSPS) is 12.4. The number of anilines is 1. The van der Waals surface area contributed by atoms with E-state index in [-0.39, 0.29) is 5.82 Å². The van der Waals surface area contributed by atoms with Crippen LogP contribution in [0.4, 0.5) is 10.1 Å². The van der Waals surface area contributed by atoms with Gasteiger partial charge in [-0.3, -0.25) is 0 Å². The SMILES string of the molecule is CCCNC(C)CCCCN(C)c1ccc(F)cc1. The van der Waals surface area contributed by atoms with E-state index < -0.39 is 0 Å². The van der Waals surface area contributed by atoms with Crippen LogP contribution in [0.1, 0.15) is 39.5 Å². The molecule has 0 aliphatic rings. The maximum absolute atomic E-state index is 12.8. The zero-order valence-electron chi connectivity index (χ0n) is 12.5. The Labute approximate surface area is 117 Å². The van der Waals surface area contributed by atoms with Crippen molar-refractivity contribution in [2.45, 2.75) is 45.6 Å². The minimum absolute atomic E-state index is 0.173. The van der Waals surface area contributed by atoms with Gasteiger partial charge in [-0.05, 0) is 57.0 Å². The Hall–Kier alpha value is -1.09. The number of unbranched alkanes of at least 4 members (excludes halogenated alkanes) is 1. The summed E-state index contributed by atoms with van der Waals surface area (Å²) in [5, 5.41) is 3.50. The standard InChI is InChI=1S/C16H27FN2/c1-4-12-18-14(2)7-5-6-13-19(3)16-10-8-15(17)9-11-16/h8-11,14,18H,4-7,12-13H2,1-3H3. The molecule has 0 aromatic heterocycles. The van der Waals surface area contributed by atoms with Crippen molar-refractivity contribution in [1.82, 2.24) is 5.32 Å². The van der Waals surface area contributed by atoms with Gasteiger partial charge in [0.15, 0.2) is 0 Å². The summed E-state index contributed by atoms with van der Waals surface area (Å²) in [6.07, 6.45) is 4.81. The van der Waals surface area contributed by atoms with Crippen LogP contribution in [0.25, 0.3) is 0 Å². The average molecular weight is 266 g/mol. The van der Waals surface area contributed by atoms with Crippen molar-refractivity contribution in [1.29, 1.82) is 0 Å². The van der Waals surface area contributed by atoms with Crippen LogP contribution in [0.3, 0.4) is 0 Å². The minimum atomic E-state index is -0.173. The van der Waals surface area contributed by atoms with Crippen molar-refractivity contribution in [3.05, 3.63) is 30.1 Å². The molecule has 1 aromatic rings. The molecule has 1 aromatic carbocycles. The monoisotopic (exact) mass is 266 g/mol. The lowest BCUT2D eigenvalue weighted by atomic mass is 10.1. The second-order valence-corrected chi connectivity index (χ2v) is 5.25. The van der Waals surface area contributed by atoms with Crippen LogP contribution in [0.15, 0.2) is 24.3 Å². The van der Waals surface area contributed by atoms with Gasteiger partial charge < -0.3 is 10.2 Å². The fourth-order valence-electron chi connectivity index (χ4n) is 2.12. The zero-order chi connectivity index (χ0) is 14.1. The summed E-state index contributed by atoms with van der Waals surface area (Å²) in [5.41, 5.74) is 1.08. The predicted molar refractivity (Wildman–Crippen MR) is 81.3 cm³/mol. The molecule has 1 rings (SSSR count). The van der Waals surface area contributed by atoms with Gasteiger partial charge in [-0.1, -0.05) is 13.3 Å². The zero-order valence-corrected chi connectivity index (χ0v) is 12.5. The van der Waals surface area contributed by atoms with Crippen molar-refractivity contribution < 1.29 is 4.39 Å². The van der Waals surface area contributed by atoms with Gasteiger partial charge in [-0.2, -0.15) is 0 Å². The molecule has 19 heavy (non-hydrogen) atoms. The summed E-state index contributed by atoms with van der Waals surface area (Å²) in [6, 6.07) is 7.31. The summed E-state index contributed by atoms with van der Waals surface area (Å²) >= 11 is 0. The number of halogens is 1. The molecule has 0 saturated carbocycles. The minimum Gasteiger partial charge on any atom is -0.375 e. The maximum Gasteiger partial charge on any atom is 0.123 e. The first-order valence-corrected chi connectivity index (χ1v) is 7.33. The third kappa shape index (κ3) is 6.58. The lowest BCUT2D eigenvalue weighted by molar-refractivity contribution is 0.490. The molecule has 0 spiro atoms. The lowest BCUT2D eigenvalue weighted by Gasteiger charge is -2.20. The van der Waals surface area contributed by atoms with E-state index in [9.17, 15) is 4.39 Å². The van der Waals surface area contributed by atoms with Crippen LogP contribution < -0.4 is 10.2 Å². The molecule has 0 aliphatic carbocycles. The number of nitrogens with one attached hydrogen (secondary N) is 1. The molecule has 108 valence electrons. The van der Waals surface area contributed by atoms with E-state index in [1.807, 2.05) is 12.1 Å². The molecule has 1 atom stereocenters. The topological polar surface area (TPSA) is 15.3 Å². The Morgan fingerprint density at radius 2 is 1.89 bits per heavy atom. The third-order valence-electron chi connectivity index (χ3n) is 3.39. The molecule has 2 nitrogen and oxygen atoms in total. The van der Waals surface area contributed by atoms with Gasteiger partial charge in [-0.15, -0.1) is 0 Å². The smallest absolute Gasteiger partial charge is 0.123 e. The highest BCUT2D eigenvalue weighted by molar-refractivity contribution is 5.45. The van der Waals surface area contributed by atoms with Gasteiger partial charge in [0.1, 0.15) is 5.82 Å². The lowest BCUT2D eigenvalue weighted by Crippen LogP contribution is -2.27. The first-order valence-electron chi connectivity index (χ1n) is 7.33. The molecule has 3 heteroatoms. The fourth-order valence-corrected chi connectivity index (χ4v) is 2.12. The van der Waals surface area contributed by atoms with Crippen molar-refractivity contribution in [2.24, 2.45) is 0 Å². The second kappa shape index (κ2) is 8.92. The molecule has 0 fully saturated rings. The van der Waals surface area contributed by atoms with E-state index in [1.165, 1.54) is 37.8 Å². The molecular weight excluding hydrogens is 239 g/mol. The molecule has 1 unspecified atom stereocenters. The summed E-state index contributed by atoms with van der Waals surface area (Å²) in [7, 11) is 2.06. The van der Waals surface area contributed by atoms with Gasteiger partial charge in [0.05, 0.1) is 0 Å². The number of hydrogen-bond donors (Lipinski definition) is 1. The molecular formula is C16H27FN2. The molecule has 0 amide bonds. The first kappa shape index (κ1) is 16.0. The van der Waals surface area contributed by atoms with E-state index in [2.05, 4.69) is 31.1 Å². The van der Waals surface area contributed by atoms with E-state index in [1.54, 1.807) is 0 Å². The number of benzene rings is 1. The van der Waals surface area contributed by atoms with Crippen LogP contribution in [-0.4, -0.2) is 26.2 Å². The van der Waals surface area contributed by atoms with E-state index >= 15 is 0 Å². The number of hydrogen-bond acceptors (Lipinski definition) is 2. The highest BCUT2D eigenvalue weighted by Crippen LogP contribution is 2.14. The van der Waals surface area contributed by atoms with E-state index in [0.717, 1.165) is 18.8 Å². The van der Waals surface area contributed by atoms with Gasteiger partial charge in [0.25, 0.3) is 0 Å². The van der Waals surface area contributed by atoms with Crippen molar-refractivity contribution in [2.75, 3.05) is 25.0 Å². The summed E-state index contributed by atoms with van der Waals surface area (Å²) in [4.78, 5) is 2.18. The molecule has 0 bridgehead atoms. The van der Waals surface area contributed by atoms with Crippen LogP contribution in [0, 0.1) is 5.82 Å². The summed E-state index contributed by atoms with van der Waals surface area (Å²) in [5.74, 6) is -0.173. The van der Waals surface area contributed by atoms with Gasteiger partial charge >= 0.3 is 0 Å². The first-order chi connectivity index (χ1) is 9.13. The Morgan fingerprint density at radius 1 is 1.21 bits per heavy atom. The van der Waals surface area contributed by atoms with Crippen LogP contribution in [-0.2, 0) is 0 Å². The number of nitrogens with zero attached hydrogens (tertiary/aromatic N) is 1. The van der Waals surface area contributed by atoms with E-state index in [0.29, 0.717) is 6.04 Å². The van der Waals surface area contributed by atoms with Crippen molar-refractivity contribution >= 4 is 5.69 Å². The van der Waals surface area contributed by atoms with Crippen molar-refractivity contribution in [3.8, 4) is 0 Å². The molecule has 0 radical (unpaired) electrons. The van der Waals surface area contributed by atoms with Gasteiger partial charge in [0, 0.05) is 25.3 Å². The number of rotatable bonds is 9. The maximum atomic E-state index is 12.8. The van der Waals surface area contributed by atoms with Crippen LogP contribution in [0.5, 0.6) is 0 Å². The van der Waals surface area contributed by atoms with Crippen molar-refractivity contribution in [3.63, 3.8) is 0 Å². The third-order valence-corrected chi connectivity index (χ3v) is 3.39. The van der Waals surface area contributed by atoms with E-state index in [4.69, 9.17) is 0 Å². The second-order valence-electron chi connectivity index (χ2n) is 5.25. The highest BCUT2D eigenvalue weighted by atomic mass is 19.1. The predicted octanol–water partition coefficient (Wildman–Crippen LogP) is 3.82. The van der Waals surface area contributed by atoms with Gasteiger partial charge in [0.2, 0.25) is 0 Å². The Balaban J connectivity index is 2.16. The quantitative estimate of drug-likeness (QED) is 0.684. The average Bonchev–Trinajstić information content (AvgIpc) is 2.41. The Morgan fingerprint density at radius 3 is 2.53 bits per heavy atom. The highest BCUT2D eigenvalue weighted by Gasteiger charge is 2.03. The molecule has 0 saturated heterocycles. The van der Waals surface area contributed by atoms with Gasteiger partial charge in [-0.25, -0.2) is 4.39 Å². The molecule has 0 aliphatic heterocycles. The summed E-state index contributed by atoms with van der Waals surface area (Å²) < 4.78 is 12.8. The van der Waals surface area contributed by atoms with Crippen LogP contribution in [0.2, 0.25) is 0 Å². The molecule has 0 heterocycles.